The molecule has 0 spiro atoms. The molecule has 1 heterocycles. The number of aromatic amines is 1. The lowest BCUT2D eigenvalue weighted by atomic mass is 10.1. The lowest BCUT2D eigenvalue weighted by molar-refractivity contribution is 0.637. The largest absolute Gasteiger partial charge is 0.347 e. The molecule has 0 radical (unpaired) electrons. The second-order valence-electron chi connectivity index (χ2n) is 3.79. The van der Waals surface area contributed by atoms with Crippen LogP contribution in [0.15, 0.2) is 22.8 Å². The highest BCUT2D eigenvalue weighted by Gasteiger charge is 2.29. The Labute approximate surface area is 89.4 Å². The van der Waals surface area contributed by atoms with Gasteiger partial charge in [-0.25, -0.2) is 4.39 Å². The molecule has 1 aliphatic rings. The van der Waals surface area contributed by atoms with E-state index < -0.39 is 0 Å². The van der Waals surface area contributed by atoms with Gasteiger partial charge in [0.2, 0.25) is 0 Å². The van der Waals surface area contributed by atoms with E-state index in [4.69, 9.17) is 0 Å². The first-order chi connectivity index (χ1) is 6.77. The zero-order valence-electron chi connectivity index (χ0n) is 7.48. The maximum atomic E-state index is 13.4. The van der Waals surface area contributed by atoms with Gasteiger partial charge in [0.15, 0.2) is 0 Å². The third kappa shape index (κ3) is 1.12. The van der Waals surface area contributed by atoms with Crippen LogP contribution in [0.5, 0.6) is 0 Å². The first-order valence-electron chi connectivity index (χ1n) is 4.73. The molecule has 1 N–H and O–H groups in total. The monoisotopic (exact) mass is 253 g/mol. The van der Waals surface area contributed by atoms with Gasteiger partial charge in [0.05, 0.1) is 10.1 Å². The molecule has 0 unspecified atom stereocenters. The van der Waals surface area contributed by atoms with Crippen LogP contribution >= 0.6 is 15.9 Å². The topological polar surface area (TPSA) is 15.8 Å². The Morgan fingerprint density at radius 2 is 2.14 bits per heavy atom. The number of aromatic nitrogens is 1. The number of fused-ring (bicyclic) bond motifs is 1. The Hall–Kier alpha value is -0.830. The van der Waals surface area contributed by atoms with E-state index in [2.05, 4.69) is 20.9 Å². The van der Waals surface area contributed by atoms with Crippen LogP contribution < -0.4 is 0 Å². The Bertz CT molecular complexity index is 499. The molecule has 1 aromatic heterocycles. The van der Waals surface area contributed by atoms with E-state index in [1.807, 2.05) is 6.07 Å². The predicted octanol–water partition coefficient (Wildman–Crippen LogP) is 3.95. The number of benzene rings is 1. The number of nitrogens with one attached hydrogen (secondary N) is 1. The smallest absolute Gasteiger partial charge is 0.147 e. The summed E-state index contributed by atoms with van der Waals surface area (Å²) in [5.41, 5.74) is 1.88. The molecule has 0 amide bonds. The van der Waals surface area contributed by atoms with E-state index in [0.717, 1.165) is 9.99 Å². The van der Waals surface area contributed by atoms with Crippen molar-refractivity contribution in [2.24, 2.45) is 0 Å². The van der Waals surface area contributed by atoms with Crippen LogP contribution in [0.25, 0.3) is 10.9 Å². The van der Waals surface area contributed by atoms with Gasteiger partial charge < -0.3 is 4.98 Å². The van der Waals surface area contributed by atoms with Crippen LogP contribution in [-0.2, 0) is 0 Å². The third-order valence-corrected chi connectivity index (χ3v) is 3.39. The molecule has 3 rings (SSSR count). The van der Waals surface area contributed by atoms with Crippen LogP contribution in [-0.4, -0.2) is 4.98 Å². The second-order valence-corrected chi connectivity index (χ2v) is 4.58. The maximum absolute atomic E-state index is 13.4. The lowest BCUT2D eigenvalue weighted by Crippen LogP contribution is -1.78. The average Bonchev–Trinajstić information content (AvgIpc) is 2.91. The number of hydrogen-bond donors (Lipinski definition) is 1. The summed E-state index contributed by atoms with van der Waals surface area (Å²) < 4.78 is 14.4. The SMILES string of the molecule is Fc1cccc2c(C3CC3)c(Br)[nH]c12. The van der Waals surface area contributed by atoms with Crippen LogP contribution in [0.4, 0.5) is 4.39 Å². The van der Waals surface area contributed by atoms with Crippen molar-refractivity contribution in [2.45, 2.75) is 18.8 Å². The van der Waals surface area contributed by atoms with Crippen molar-refractivity contribution in [3.8, 4) is 0 Å². The fraction of sp³-hybridized carbons (Fsp3) is 0.273. The van der Waals surface area contributed by atoms with Crippen molar-refractivity contribution in [1.29, 1.82) is 0 Å². The van der Waals surface area contributed by atoms with Gasteiger partial charge in [-0.2, -0.15) is 0 Å². The summed E-state index contributed by atoms with van der Waals surface area (Å²) in [4.78, 5) is 3.06. The normalized spacial score (nSPS) is 16.4. The predicted molar refractivity (Wildman–Crippen MR) is 57.9 cm³/mol. The van der Waals surface area contributed by atoms with Crippen LogP contribution in [0.2, 0.25) is 0 Å². The molecule has 1 aliphatic carbocycles. The van der Waals surface area contributed by atoms with E-state index in [-0.39, 0.29) is 5.82 Å². The molecule has 1 aromatic carbocycles. The molecule has 0 atom stereocenters. The number of rotatable bonds is 1. The summed E-state index contributed by atoms with van der Waals surface area (Å²) in [7, 11) is 0. The summed E-state index contributed by atoms with van der Waals surface area (Å²) in [6.07, 6.45) is 2.45. The molecule has 3 heteroatoms. The highest BCUT2D eigenvalue weighted by molar-refractivity contribution is 9.10. The lowest BCUT2D eigenvalue weighted by Gasteiger charge is -1.95. The minimum Gasteiger partial charge on any atom is -0.347 e. The molecule has 1 saturated carbocycles. The van der Waals surface area contributed by atoms with Crippen molar-refractivity contribution in [3.63, 3.8) is 0 Å². The molecular weight excluding hydrogens is 245 g/mol. The highest BCUT2D eigenvalue weighted by atomic mass is 79.9. The first-order valence-corrected chi connectivity index (χ1v) is 5.52. The summed E-state index contributed by atoms with van der Waals surface area (Å²) in [5.74, 6) is 0.454. The van der Waals surface area contributed by atoms with Gasteiger partial charge in [-0.05, 0) is 46.3 Å². The Morgan fingerprint density at radius 1 is 1.36 bits per heavy atom. The van der Waals surface area contributed by atoms with Gasteiger partial charge in [-0.3, -0.25) is 0 Å². The molecule has 0 aliphatic heterocycles. The third-order valence-electron chi connectivity index (χ3n) is 2.76. The molecule has 0 bridgehead atoms. The minimum absolute atomic E-state index is 0.171. The number of hydrogen-bond acceptors (Lipinski definition) is 0. The van der Waals surface area contributed by atoms with Gasteiger partial charge in [0.25, 0.3) is 0 Å². The molecule has 2 aromatic rings. The van der Waals surface area contributed by atoms with Crippen molar-refractivity contribution >= 4 is 26.8 Å². The summed E-state index contributed by atoms with van der Waals surface area (Å²) >= 11 is 3.46. The molecule has 1 fully saturated rings. The highest BCUT2D eigenvalue weighted by Crippen LogP contribution is 2.46. The van der Waals surface area contributed by atoms with Crippen molar-refractivity contribution in [1.82, 2.24) is 4.98 Å². The second kappa shape index (κ2) is 2.83. The number of halogens is 2. The average molecular weight is 254 g/mol. The van der Waals surface area contributed by atoms with E-state index in [9.17, 15) is 4.39 Å². The molecular formula is C11H9BrFN. The zero-order valence-corrected chi connectivity index (χ0v) is 9.07. The van der Waals surface area contributed by atoms with Gasteiger partial charge in [0, 0.05) is 5.39 Å². The first kappa shape index (κ1) is 8.48. The van der Waals surface area contributed by atoms with Crippen molar-refractivity contribution < 1.29 is 4.39 Å². The Morgan fingerprint density at radius 3 is 2.86 bits per heavy atom. The summed E-state index contributed by atoms with van der Waals surface area (Å²) in [5, 5.41) is 1.03. The zero-order chi connectivity index (χ0) is 9.71. The Kier molecular flexibility index (Phi) is 1.71. The molecule has 1 nitrogen and oxygen atoms in total. The quantitative estimate of drug-likeness (QED) is 0.793. The summed E-state index contributed by atoms with van der Waals surface area (Å²) in [6.45, 7) is 0. The van der Waals surface area contributed by atoms with Crippen LogP contribution in [0, 0.1) is 5.82 Å². The summed E-state index contributed by atoms with van der Waals surface area (Å²) in [6, 6.07) is 5.24. The maximum Gasteiger partial charge on any atom is 0.147 e. The fourth-order valence-corrected chi connectivity index (χ4v) is 2.68. The van der Waals surface area contributed by atoms with Gasteiger partial charge in [0.1, 0.15) is 5.82 Å². The molecule has 0 saturated heterocycles. The Balaban J connectivity index is 2.37. The standard InChI is InChI=1S/C11H9BrFN/c12-11-9(6-4-5-6)7-2-1-3-8(13)10(7)14-11/h1-3,6,14H,4-5H2. The van der Waals surface area contributed by atoms with Gasteiger partial charge >= 0.3 is 0 Å². The van der Waals surface area contributed by atoms with Gasteiger partial charge in [-0.1, -0.05) is 12.1 Å². The van der Waals surface area contributed by atoms with Gasteiger partial charge in [-0.15, -0.1) is 0 Å². The van der Waals surface area contributed by atoms with Crippen molar-refractivity contribution in [2.75, 3.05) is 0 Å². The number of H-pyrrole nitrogens is 1. The minimum atomic E-state index is -0.171. The van der Waals surface area contributed by atoms with E-state index in [1.54, 1.807) is 6.07 Å². The van der Waals surface area contributed by atoms with E-state index in [0.29, 0.717) is 11.4 Å². The molecule has 72 valence electrons. The molecule has 14 heavy (non-hydrogen) atoms. The van der Waals surface area contributed by atoms with Crippen LogP contribution in [0.1, 0.15) is 24.3 Å². The van der Waals surface area contributed by atoms with E-state index >= 15 is 0 Å². The van der Waals surface area contributed by atoms with Crippen LogP contribution in [0.3, 0.4) is 0 Å². The fourth-order valence-electron chi connectivity index (χ4n) is 1.94. The number of para-hydroxylation sites is 1. The van der Waals surface area contributed by atoms with E-state index in [1.165, 1.54) is 24.5 Å². The van der Waals surface area contributed by atoms with Crippen molar-refractivity contribution in [3.05, 3.63) is 34.2 Å².